The van der Waals surface area contributed by atoms with Crippen molar-refractivity contribution in [3.63, 3.8) is 0 Å². The number of rotatable bonds is 12. The first-order valence-corrected chi connectivity index (χ1v) is 9.87. The Morgan fingerprint density at radius 2 is 1.25 bits per heavy atom. The molecule has 0 aliphatic carbocycles. The van der Waals surface area contributed by atoms with Gasteiger partial charge in [-0.05, 0) is 24.3 Å². The number of carbonyl (C=O) groups is 2. The highest BCUT2D eigenvalue weighted by Gasteiger charge is 2.12. The number of hydrogen-bond acceptors (Lipinski definition) is 8. The number of para-hydroxylation sites is 2. The van der Waals surface area contributed by atoms with Crippen LogP contribution in [-0.2, 0) is 0 Å². The van der Waals surface area contributed by atoms with Crippen molar-refractivity contribution in [1.29, 1.82) is 0 Å². The Hall–Kier alpha value is -3.76. The molecule has 10 nitrogen and oxygen atoms in total. The van der Waals surface area contributed by atoms with Crippen LogP contribution in [0.15, 0.2) is 46.4 Å². The molecular formula is C22H26N4O6. The average molecular weight is 442 g/mol. The zero-order valence-corrected chi connectivity index (χ0v) is 17.4. The number of aliphatic imine (C=N–C) groups is 2. The normalized spacial score (nSPS) is 11.6. The van der Waals surface area contributed by atoms with Crippen molar-refractivity contribution >= 4 is 24.4 Å². The maximum absolute atomic E-state index is 11.1. The SMILES string of the molecule is NCCN(CCN=Cc1cccc(C(=O)O)c1O)CCN=Cc1cccc(C(=O)O)c1O. The molecule has 0 saturated heterocycles. The molecule has 170 valence electrons. The molecule has 2 aromatic carbocycles. The molecule has 0 heterocycles. The number of phenols is 2. The van der Waals surface area contributed by atoms with E-state index in [0.29, 0.717) is 50.4 Å². The van der Waals surface area contributed by atoms with Gasteiger partial charge in [0, 0.05) is 49.7 Å². The summed E-state index contributed by atoms with van der Waals surface area (Å²) in [7, 11) is 0. The van der Waals surface area contributed by atoms with Gasteiger partial charge >= 0.3 is 11.9 Å². The molecule has 0 bridgehead atoms. The van der Waals surface area contributed by atoms with Gasteiger partial charge in [0.15, 0.2) is 0 Å². The van der Waals surface area contributed by atoms with E-state index in [1.165, 1.54) is 36.7 Å². The zero-order valence-electron chi connectivity index (χ0n) is 17.4. The average Bonchev–Trinajstić information content (AvgIpc) is 2.75. The molecular weight excluding hydrogens is 416 g/mol. The number of carboxylic acid groups (broad SMARTS) is 2. The summed E-state index contributed by atoms with van der Waals surface area (Å²) in [5, 5.41) is 38.1. The summed E-state index contributed by atoms with van der Waals surface area (Å²) in [4.78, 5) is 32.7. The van der Waals surface area contributed by atoms with Gasteiger partial charge in [-0.15, -0.1) is 0 Å². The summed E-state index contributed by atoms with van der Waals surface area (Å²) in [6.07, 6.45) is 2.86. The number of aromatic hydroxyl groups is 2. The van der Waals surface area contributed by atoms with Gasteiger partial charge in [-0.2, -0.15) is 0 Å². The third-order valence-corrected chi connectivity index (χ3v) is 4.59. The second kappa shape index (κ2) is 12.2. The molecule has 0 aliphatic rings. The van der Waals surface area contributed by atoms with Crippen LogP contribution in [0.2, 0.25) is 0 Å². The van der Waals surface area contributed by atoms with Crippen molar-refractivity contribution in [2.45, 2.75) is 0 Å². The van der Waals surface area contributed by atoms with Gasteiger partial charge in [-0.3, -0.25) is 14.9 Å². The number of aromatic carboxylic acids is 2. The van der Waals surface area contributed by atoms with Gasteiger partial charge in [0.1, 0.15) is 22.6 Å². The largest absolute Gasteiger partial charge is 0.506 e. The molecule has 32 heavy (non-hydrogen) atoms. The molecule has 0 fully saturated rings. The predicted molar refractivity (Wildman–Crippen MR) is 121 cm³/mol. The predicted octanol–water partition coefficient (Wildman–Crippen LogP) is 1.29. The lowest BCUT2D eigenvalue weighted by Crippen LogP contribution is -2.33. The van der Waals surface area contributed by atoms with Crippen LogP contribution in [0.3, 0.4) is 0 Å². The van der Waals surface area contributed by atoms with Gasteiger partial charge in [-0.25, -0.2) is 9.59 Å². The Labute approximate surface area is 185 Å². The van der Waals surface area contributed by atoms with Crippen LogP contribution >= 0.6 is 0 Å². The minimum atomic E-state index is -1.21. The van der Waals surface area contributed by atoms with E-state index < -0.39 is 11.9 Å². The first-order chi connectivity index (χ1) is 15.3. The smallest absolute Gasteiger partial charge is 0.339 e. The van der Waals surface area contributed by atoms with Crippen molar-refractivity contribution in [2.24, 2.45) is 15.7 Å². The molecule has 0 unspecified atom stereocenters. The van der Waals surface area contributed by atoms with Crippen LogP contribution in [0.1, 0.15) is 31.8 Å². The minimum Gasteiger partial charge on any atom is -0.506 e. The molecule has 0 aliphatic heterocycles. The molecule has 2 rings (SSSR count). The van der Waals surface area contributed by atoms with Crippen LogP contribution in [0.4, 0.5) is 0 Å². The number of nitrogens with zero attached hydrogens (tertiary/aromatic N) is 3. The minimum absolute atomic E-state index is 0.184. The molecule has 0 radical (unpaired) electrons. The molecule has 0 atom stereocenters. The Balaban J connectivity index is 1.90. The van der Waals surface area contributed by atoms with E-state index in [0.717, 1.165) is 0 Å². The molecule has 2 aromatic rings. The lowest BCUT2D eigenvalue weighted by Gasteiger charge is -2.19. The third-order valence-electron chi connectivity index (χ3n) is 4.59. The van der Waals surface area contributed by atoms with Gasteiger partial charge in [0.05, 0.1) is 13.1 Å². The number of carboxylic acids is 2. The van der Waals surface area contributed by atoms with Crippen molar-refractivity contribution < 1.29 is 30.0 Å². The summed E-state index contributed by atoms with van der Waals surface area (Å²) in [6.45, 7) is 3.01. The fourth-order valence-electron chi connectivity index (χ4n) is 2.92. The molecule has 0 spiro atoms. The highest BCUT2D eigenvalue weighted by Crippen LogP contribution is 2.21. The number of nitrogens with two attached hydrogens (primary N) is 1. The number of benzene rings is 2. The van der Waals surface area contributed by atoms with Gasteiger partial charge in [0.2, 0.25) is 0 Å². The third kappa shape index (κ3) is 6.89. The maximum atomic E-state index is 11.1. The monoisotopic (exact) mass is 442 g/mol. The Morgan fingerprint density at radius 1 is 0.812 bits per heavy atom. The summed E-state index contributed by atoms with van der Waals surface area (Å²) >= 11 is 0. The topological polar surface area (TPSA) is 169 Å². The highest BCUT2D eigenvalue weighted by molar-refractivity contribution is 5.96. The second-order valence-electron chi connectivity index (χ2n) is 6.80. The Kier molecular flexibility index (Phi) is 9.33. The van der Waals surface area contributed by atoms with Crippen molar-refractivity contribution in [3.8, 4) is 11.5 Å². The standard InChI is InChI=1S/C22H26N4O6/c23-7-10-26(11-8-24-13-15-3-1-5-17(19(15)27)21(29)30)12-9-25-14-16-4-2-6-18(20(16)28)22(31)32/h1-6,13-14,27-28H,7-12,23H2,(H,29,30)(H,31,32). The Bertz CT molecular complexity index is 928. The fourth-order valence-corrected chi connectivity index (χ4v) is 2.92. The van der Waals surface area contributed by atoms with Crippen LogP contribution in [0, 0.1) is 0 Å². The van der Waals surface area contributed by atoms with Gasteiger partial charge in [-0.1, -0.05) is 12.1 Å². The Morgan fingerprint density at radius 3 is 1.62 bits per heavy atom. The summed E-state index contributed by atoms with van der Waals surface area (Å²) in [5.41, 5.74) is 5.93. The molecule has 10 heteroatoms. The molecule has 0 saturated carbocycles. The zero-order chi connectivity index (χ0) is 23.5. The summed E-state index contributed by atoms with van der Waals surface area (Å²) in [6, 6.07) is 8.85. The van der Waals surface area contributed by atoms with Gasteiger partial charge in [0.25, 0.3) is 0 Å². The van der Waals surface area contributed by atoms with Crippen LogP contribution in [0.25, 0.3) is 0 Å². The van der Waals surface area contributed by atoms with Crippen LogP contribution in [0.5, 0.6) is 11.5 Å². The lowest BCUT2D eigenvalue weighted by molar-refractivity contribution is 0.0682. The van der Waals surface area contributed by atoms with E-state index in [1.54, 1.807) is 12.1 Å². The van der Waals surface area contributed by atoms with Crippen LogP contribution in [-0.4, -0.2) is 89.0 Å². The van der Waals surface area contributed by atoms with Gasteiger partial charge < -0.3 is 26.2 Å². The molecule has 0 aromatic heterocycles. The summed E-state index contributed by atoms with van der Waals surface area (Å²) < 4.78 is 0. The fraction of sp³-hybridized carbons (Fsp3) is 0.273. The van der Waals surface area contributed by atoms with E-state index in [2.05, 4.69) is 9.98 Å². The molecule has 0 amide bonds. The first kappa shape index (κ1) is 24.5. The maximum Gasteiger partial charge on any atom is 0.339 e. The van der Waals surface area contributed by atoms with Crippen molar-refractivity contribution in [3.05, 3.63) is 58.7 Å². The quantitative estimate of drug-likeness (QED) is 0.306. The van der Waals surface area contributed by atoms with E-state index in [-0.39, 0.29) is 22.6 Å². The highest BCUT2D eigenvalue weighted by atomic mass is 16.4. The first-order valence-electron chi connectivity index (χ1n) is 9.87. The molecule has 6 N–H and O–H groups in total. The van der Waals surface area contributed by atoms with Crippen molar-refractivity contribution in [1.82, 2.24) is 4.90 Å². The van der Waals surface area contributed by atoms with E-state index in [9.17, 15) is 19.8 Å². The lowest BCUT2D eigenvalue weighted by atomic mass is 10.1. The number of hydrogen-bond donors (Lipinski definition) is 5. The van der Waals surface area contributed by atoms with Crippen molar-refractivity contribution in [2.75, 3.05) is 39.3 Å². The van der Waals surface area contributed by atoms with E-state index >= 15 is 0 Å². The van der Waals surface area contributed by atoms with Crippen LogP contribution < -0.4 is 5.73 Å². The van der Waals surface area contributed by atoms with E-state index in [1.807, 2.05) is 4.90 Å². The second-order valence-corrected chi connectivity index (χ2v) is 6.80. The summed E-state index contributed by atoms with van der Waals surface area (Å²) in [5.74, 6) is -3.08. The van der Waals surface area contributed by atoms with E-state index in [4.69, 9.17) is 15.9 Å².